The summed E-state index contributed by atoms with van der Waals surface area (Å²) in [7, 11) is 0. The molecule has 0 unspecified atom stereocenters. The Morgan fingerprint density at radius 1 is 1.09 bits per heavy atom. The molecule has 3 aromatic heterocycles. The average molecular weight is 467 g/mol. The quantitative estimate of drug-likeness (QED) is 0.479. The molecule has 3 heterocycles. The van der Waals surface area contributed by atoms with E-state index in [9.17, 15) is 14.0 Å². The molecule has 3 aromatic rings. The highest BCUT2D eigenvalue weighted by Gasteiger charge is 2.25. The molecule has 34 heavy (non-hydrogen) atoms. The minimum Gasteiger partial charge on any atom is -0.380 e. The predicted octanol–water partition coefficient (Wildman–Crippen LogP) is 3.84. The number of nitrogens with zero attached hydrogens (tertiary/aromatic N) is 3. The highest BCUT2D eigenvalue weighted by molar-refractivity contribution is 6.03. The second-order valence-electron chi connectivity index (χ2n) is 9.34. The van der Waals surface area contributed by atoms with E-state index in [1.807, 2.05) is 33.0 Å². The van der Waals surface area contributed by atoms with Crippen LogP contribution in [0, 0.1) is 12.9 Å². The molecule has 1 fully saturated rings. The number of hydrogen-bond acceptors (Lipinski definition) is 5. The third-order valence-electron chi connectivity index (χ3n) is 6.17. The van der Waals surface area contributed by atoms with Gasteiger partial charge in [-0.15, -0.1) is 0 Å². The van der Waals surface area contributed by atoms with Crippen LogP contribution in [0.5, 0.6) is 0 Å². The Kier molecular flexibility index (Phi) is 6.81. The van der Waals surface area contributed by atoms with Crippen molar-refractivity contribution in [3.05, 3.63) is 47.8 Å². The number of fused-ring (bicyclic) bond motifs is 1. The molecular weight excluding hydrogens is 435 g/mol. The number of amides is 2. The molecule has 180 valence electrons. The Morgan fingerprint density at radius 2 is 1.76 bits per heavy atom. The number of carbonyl (C=O) groups is 2. The van der Waals surface area contributed by atoms with Gasteiger partial charge in [0.25, 0.3) is 5.91 Å². The summed E-state index contributed by atoms with van der Waals surface area (Å²) in [6, 6.07) is 3.66. The van der Waals surface area contributed by atoms with Crippen LogP contribution < -0.4 is 16.0 Å². The van der Waals surface area contributed by atoms with E-state index in [1.54, 1.807) is 10.7 Å². The van der Waals surface area contributed by atoms with Crippen LogP contribution in [0.1, 0.15) is 62.4 Å². The van der Waals surface area contributed by atoms with Crippen LogP contribution in [0.15, 0.2) is 30.7 Å². The second-order valence-corrected chi connectivity index (χ2v) is 9.34. The Balaban J connectivity index is 1.60. The summed E-state index contributed by atoms with van der Waals surface area (Å²) in [4.78, 5) is 28.4. The van der Waals surface area contributed by atoms with Crippen LogP contribution >= 0.6 is 0 Å². The summed E-state index contributed by atoms with van der Waals surface area (Å²) in [5.41, 5.74) is 4.36. The summed E-state index contributed by atoms with van der Waals surface area (Å²) >= 11 is 0. The molecule has 0 atom stereocenters. The zero-order valence-corrected chi connectivity index (χ0v) is 20.0. The van der Waals surface area contributed by atoms with E-state index in [-0.39, 0.29) is 29.9 Å². The minimum atomic E-state index is -0.518. The molecule has 4 rings (SSSR count). The van der Waals surface area contributed by atoms with Crippen molar-refractivity contribution in [1.82, 2.24) is 25.2 Å². The Labute approximate surface area is 198 Å². The van der Waals surface area contributed by atoms with Crippen LogP contribution in [-0.4, -0.2) is 44.5 Å². The Bertz CT molecular complexity index is 1210. The number of carbonyl (C=O) groups excluding carboxylic acids is 2. The molecule has 0 bridgehead atoms. The number of aromatic nitrogens is 3. The first-order valence-corrected chi connectivity index (χ1v) is 11.7. The van der Waals surface area contributed by atoms with Gasteiger partial charge in [0.05, 0.1) is 23.0 Å². The number of hydrogen-bond donors (Lipinski definition) is 3. The molecule has 9 heteroatoms. The van der Waals surface area contributed by atoms with E-state index < -0.39 is 5.95 Å². The first kappa shape index (κ1) is 23.7. The van der Waals surface area contributed by atoms with Gasteiger partial charge in [0.15, 0.2) is 0 Å². The molecule has 1 saturated carbocycles. The maximum Gasteiger partial charge on any atom is 0.255 e. The fourth-order valence-corrected chi connectivity index (χ4v) is 4.57. The zero-order chi connectivity index (χ0) is 24.4. The lowest BCUT2D eigenvalue weighted by molar-refractivity contribution is -0.119. The summed E-state index contributed by atoms with van der Waals surface area (Å²) in [6.45, 7) is 7.39. The fraction of sp³-hybridized carbons (Fsp3) is 0.440. The number of rotatable bonds is 6. The van der Waals surface area contributed by atoms with Crippen LogP contribution in [0.25, 0.3) is 16.6 Å². The molecule has 0 aromatic carbocycles. The lowest BCUT2D eigenvalue weighted by atomic mass is 9.91. The largest absolute Gasteiger partial charge is 0.380 e. The van der Waals surface area contributed by atoms with Crippen molar-refractivity contribution in [2.45, 2.75) is 71.5 Å². The molecule has 8 nitrogen and oxygen atoms in total. The number of nitrogens with one attached hydrogen (secondary N) is 3. The lowest BCUT2D eigenvalue weighted by Crippen LogP contribution is -2.43. The van der Waals surface area contributed by atoms with E-state index >= 15 is 0 Å². The Morgan fingerprint density at radius 3 is 2.38 bits per heavy atom. The maximum atomic E-state index is 13.5. The SMILES string of the molecule is CC(=O)NC1CCC(NC(=O)c2cnn3cc(-c4cnc(F)cc4C)cc3c2NC(C)C)CC1. The van der Waals surface area contributed by atoms with Crippen molar-refractivity contribution in [3.63, 3.8) is 0 Å². The highest BCUT2D eigenvalue weighted by Crippen LogP contribution is 2.31. The molecule has 1 aliphatic rings. The van der Waals surface area contributed by atoms with E-state index in [1.165, 1.54) is 19.2 Å². The first-order chi connectivity index (χ1) is 16.2. The predicted molar refractivity (Wildman–Crippen MR) is 129 cm³/mol. The highest BCUT2D eigenvalue weighted by atomic mass is 19.1. The first-order valence-electron chi connectivity index (χ1n) is 11.7. The molecule has 3 N–H and O–H groups in total. The molecular formula is C25H31FN6O2. The van der Waals surface area contributed by atoms with Gasteiger partial charge in [0.2, 0.25) is 11.9 Å². The van der Waals surface area contributed by atoms with Crippen molar-refractivity contribution in [3.8, 4) is 11.1 Å². The molecule has 0 saturated heterocycles. The van der Waals surface area contributed by atoms with Gasteiger partial charge < -0.3 is 16.0 Å². The summed E-state index contributed by atoms with van der Waals surface area (Å²) in [6.07, 6.45) is 8.25. The van der Waals surface area contributed by atoms with Crippen molar-refractivity contribution in [1.29, 1.82) is 0 Å². The molecule has 0 radical (unpaired) electrons. The Hall–Kier alpha value is -3.49. The van der Waals surface area contributed by atoms with E-state index in [2.05, 4.69) is 26.0 Å². The third kappa shape index (κ3) is 5.18. The maximum absolute atomic E-state index is 13.5. The van der Waals surface area contributed by atoms with Crippen LogP contribution in [0.2, 0.25) is 0 Å². The van der Waals surface area contributed by atoms with Gasteiger partial charge in [-0.25, -0.2) is 9.50 Å². The van der Waals surface area contributed by atoms with Crippen molar-refractivity contribution >= 4 is 23.0 Å². The molecule has 0 spiro atoms. The van der Waals surface area contributed by atoms with Gasteiger partial charge in [-0.1, -0.05) is 0 Å². The lowest BCUT2D eigenvalue weighted by Gasteiger charge is -2.29. The monoisotopic (exact) mass is 466 g/mol. The van der Waals surface area contributed by atoms with Crippen LogP contribution in [0.3, 0.4) is 0 Å². The van der Waals surface area contributed by atoms with Gasteiger partial charge in [-0.3, -0.25) is 9.59 Å². The number of halogens is 1. The normalized spacial score (nSPS) is 18.2. The smallest absolute Gasteiger partial charge is 0.255 e. The summed E-state index contributed by atoms with van der Waals surface area (Å²) < 4.78 is 15.2. The van der Waals surface area contributed by atoms with Crippen molar-refractivity contribution in [2.75, 3.05) is 5.32 Å². The number of aryl methyl sites for hydroxylation is 1. The third-order valence-corrected chi connectivity index (χ3v) is 6.17. The van der Waals surface area contributed by atoms with E-state index in [0.29, 0.717) is 11.3 Å². The minimum absolute atomic E-state index is 0.0190. The standard InChI is InChI=1S/C25H31FN6O2/c1-14(2)29-24-21(25(34)31-19-7-5-18(6-8-19)30-16(4)33)12-28-32-13-17(10-22(24)32)20-11-27-23(26)9-15(20)3/h9-14,18-19,29H,5-8H2,1-4H3,(H,30,33)(H,31,34). The molecule has 2 amide bonds. The van der Waals surface area contributed by atoms with Crippen molar-refractivity contribution < 1.29 is 14.0 Å². The van der Waals surface area contributed by atoms with E-state index in [4.69, 9.17) is 0 Å². The number of pyridine rings is 1. The molecule has 0 aliphatic heterocycles. The topological polar surface area (TPSA) is 100 Å². The summed E-state index contributed by atoms with van der Waals surface area (Å²) in [5, 5.41) is 14.0. The van der Waals surface area contributed by atoms with Gasteiger partial charge in [0, 0.05) is 48.6 Å². The van der Waals surface area contributed by atoms with Crippen LogP contribution in [0.4, 0.5) is 10.1 Å². The van der Waals surface area contributed by atoms with E-state index in [0.717, 1.165) is 47.9 Å². The molecule has 1 aliphatic carbocycles. The second kappa shape index (κ2) is 9.79. The average Bonchev–Trinajstić information content (AvgIpc) is 3.19. The van der Waals surface area contributed by atoms with Gasteiger partial charge in [-0.05, 0) is 64.2 Å². The number of anilines is 1. The zero-order valence-electron chi connectivity index (χ0n) is 20.0. The summed E-state index contributed by atoms with van der Waals surface area (Å²) in [5.74, 6) is -0.715. The van der Waals surface area contributed by atoms with Gasteiger partial charge in [-0.2, -0.15) is 9.49 Å². The van der Waals surface area contributed by atoms with Crippen molar-refractivity contribution in [2.24, 2.45) is 0 Å². The van der Waals surface area contributed by atoms with Crippen LogP contribution in [-0.2, 0) is 4.79 Å². The van der Waals surface area contributed by atoms with Gasteiger partial charge in [0.1, 0.15) is 0 Å². The fourth-order valence-electron chi connectivity index (χ4n) is 4.57. The van der Waals surface area contributed by atoms with Gasteiger partial charge >= 0.3 is 0 Å².